The molecule has 0 aliphatic carbocycles. The molecule has 0 radical (unpaired) electrons. The number of barbiturate groups is 1. The zero-order valence-corrected chi connectivity index (χ0v) is 14.6. The van der Waals surface area contributed by atoms with Gasteiger partial charge >= 0.3 is 6.03 Å². The number of benzene rings is 2. The van der Waals surface area contributed by atoms with Gasteiger partial charge in [-0.25, -0.2) is 9.69 Å². The minimum Gasteiger partial charge on any atom is -0.481 e. The second-order valence-corrected chi connectivity index (χ2v) is 5.86. The van der Waals surface area contributed by atoms with E-state index in [-0.39, 0.29) is 12.2 Å². The molecule has 6 heteroatoms. The molecular formula is C21H16N2O4. The van der Waals surface area contributed by atoms with Crippen molar-refractivity contribution in [3.05, 3.63) is 65.2 Å². The first-order chi connectivity index (χ1) is 13.0. The summed E-state index contributed by atoms with van der Waals surface area (Å²) in [5.41, 5.74) is 1.86. The van der Waals surface area contributed by atoms with Crippen LogP contribution in [0.3, 0.4) is 0 Å². The third-order valence-corrected chi connectivity index (χ3v) is 3.91. The summed E-state index contributed by atoms with van der Waals surface area (Å²) in [5.74, 6) is 1.53. The fourth-order valence-corrected chi connectivity index (χ4v) is 2.54. The molecule has 0 spiro atoms. The predicted octanol–water partition coefficient (Wildman–Crippen LogP) is 2.67. The minimum absolute atomic E-state index is 0.132. The molecule has 0 aromatic heterocycles. The molecule has 2 aromatic carbocycles. The van der Waals surface area contributed by atoms with Crippen LogP contribution in [0.25, 0.3) is 6.08 Å². The lowest BCUT2D eigenvalue weighted by atomic mass is 10.1. The highest BCUT2D eigenvalue weighted by Crippen LogP contribution is 2.23. The number of amides is 4. The van der Waals surface area contributed by atoms with Gasteiger partial charge in [0.05, 0.1) is 5.69 Å². The number of rotatable bonds is 4. The van der Waals surface area contributed by atoms with E-state index in [1.807, 2.05) is 6.92 Å². The van der Waals surface area contributed by atoms with Crippen LogP contribution in [0.4, 0.5) is 10.5 Å². The van der Waals surface area contributed by atoms with Crippen molar-refractivity contribution >= 4 is 29.6 Å². The first-order valence-corrected chi connectivity index (χ1v) is 8.14. The summed E-state index contributed by atoms with van der Waals surface area (Å²) < 4.78 is 5.29. The topological polar surface area (TPSA) is 75.7 Å². The average molecular weight is 360 g/mol. The molecule has 0 unspecified atom stereocenters. The second kappa shape index (κ2) is 7.58. The van der Waals surface area contributed by atoms with Crippen LogP contribution < -0.4 is 15.0 Å². The highest BCUT2D eigenvalue weighted by molar-refractivity contribution is 6.39. The summed E-state index contributed by atoms with van der Waals surface area (Å²) in [6, 6.07) is 12.8. The first-order valence-electron chi connectivity index (χ1n) is 8.14. The molecule has 0 atom stereocenters. The molecule has 0 saturated carbocycles. The molecule has 1 aliphatic rings. The fraction of sp³-hybridized carbons (Fsp3) is 0.0952. The molecule has 6 nitrogen and oxygen atoms in total. The van der Waals surface area contributed by atoms with E-state index in [0.717, 1.165) is 10.5 Å². The molecule has 1 saturated heterocycles. The number of aryl methyl sites for hydroxylation is 1. The van der Waals surface area contributed by atoms with E-state index < -0.39 is 17.8 Å². The standard InChI is InChI=1S/C21H16N2O4/c1-3-12-27-17-10-6-15(7-11-17)13-18-19(24)22-21(26)23(20(18)25)16-8-4-14(2)5-9-16/h1,4-11,13H,12H2,2H3,(H,22,24,26). The Labute approximate surface area is 156 Å². The number of nitrogens with one attached hydrogen (secondary N) is 1. The van der Waals surface area contributed by atoms with E-state index in [9.17, 15) is 14.4 Å². The second-order valence-electron chi connectivity index (χ2n) is 5.86. The molecule has 27 heavy (non-hydrogen) atoms. The molecule has 134 valence electrons. The quantitative estimate of drug-likeness (QED) is 0.517. The normalized spacial score (nSPS) is 15.5. The van der Waals surface area contributed by atoms with Crippen LogP contribution in [-0.2, 0) is 9.59 Å². The summed E-state index contributed by atoms with van der Waals surface area (Å²) >= 11 is 0. The molecule has 1 heterocycles. The van der Waals surface area contributed by atoms with Gasteiger partial charge in [-0.1, -0.05) is 35.7 Å². The van der Waals surface area contributed by atoms with E-state index in [1.165, 1.54) is 6.08 Å². The van der Waals surface area contributed by atoms with Crippen molar-refractivity contribution in [3.8, 4) is 18.1 Å². The van der Waals surface area contributed by atoms with Crippen molar-refractivity contribution in [2.45, 2.75) is 6.92 Å². The van der Waals surface area contributed by atoms with Crippen molar-refractivity contribution in [2.24, 2.45) is 0 Å². The van der Waals surface area contributed by atoms with Crippen molar-refractivity contribution < 1.29 is 19.1 Å². The maximum atomic E-state index is 12.8. The molecule has 1 N–H and O–H groups in total. The lowest BCUT2D eigenvalue weighted by molar-refractivity contribution is -0.122. The molecule has 2 aromatic rings. The fourth-order valence-electron chi connectivity index (χ4n) is 2.54. The van der Waals surface area contributed by atoms with Crippen LogP contribution in [0, 0.1) is 19.3 Å². The van der Waals surface area contributed by atoms with Gasteiger partial charge in [-0.2, -0.15) is 0 Å². The van der Waals surface area contributed by atoms with Gasteiger partial charge in [-0.05, 0) is 42.8 Å². The Hall–Kier alpha value is -3.85. The number of ether oxygens (including phenoxy) is 1. The number of terminal acetylenes is 1. The van der Waals surface area contributed by atoms with Crippen molar-refractivity contribution in [1.82, 2.24) is 5.32 Å². The third kappa shape index (κ3) is 3.88. The monoisotopic (exact) mass is 360 g/mol. The van der Waals surface area contributed by atoms with Crippen LogP contribution in [0.1, 0.15) is 11.1 Å². The van der Waals surface area contributed by atoms with Crippen molar-refractivity contribution in [1.29, 1.82) is 0 Å². The molecule has 4 amide bonds. The molecule has 0 bridgehead atoms. The Morgan fingerprint density at radius 2 is 1.74 bits per heavy atom. The number of carbonyl (C=O) groups excluding carboxylic acids is 3. The van der Waals surface area contributed by atoms with E-state index >= 15 is 0 Å². The summed E-state index contributed by atoms with van der Waals surface area (Å²) in [5, 5.41) is 2.19. The van der Waals surface area contributed by atoms with Crippen molar-refractivity contribution in [2.75, 3.05) is 11.5 Å². The van der Waals surface area contributed by atoms with Crippen LogP contribution in [-0.4, -0.2) is 24.5 Å². The Bertz CT molecular complexity index is 967. The lowest BCUT2D eigenvalue weighted by Crippen LogP contribution is -2.54. The number of nitrogens with zero attached hydrogens (tertiary/aromatic N) is 1. The highest BCUT2D eigenvalue weighted by atomic mass is 16.5. The smallest absolute Gasteiger partial charge is 0.335 e. The average Bonchev–Trinajstić information content (AvgIpc) is 2.66. The van der Waals surface area contributed by atoms with Crippen molar-refractivity contribution in [3.63, 3.8) is 0 Å². The SMILES string of the molecule is C#CCOc1ccc(C=C2C(=O)NC(=O)N(c3ccc(C)cc3)C2=O)cc1. The molecule has 1 aliphatic heterocycles. The van der Waals surface area contributed by atoms with Gasteiger partial charge in [-0.3, -0.25) is 14.9 Å². The van der Waals surface area contributed by atoms with Gasteiger partial charge in [0.15, 0.2) is 0 Å². The van der Waals surface area contributed by atoms with Gasteiger partial charge in [0.25, 0.3) is 11.8 Å². The molecular weight excluding hydrogens is 344 g/mol. The Morgan fingerprint density at radius 1 is 1.07 bits per heavy atom. The van der Waals surface area contributed by atoms with E-state index in [2.05, 4.69) is 11.2 Å². The van der Waals surface area contributed by atoms with Gasteiger partial charge in [0, 0.05) is 0 Å². The Kier molecular flexibility index (Phi) is 5.04. The minimum atomic E-state index is -0.774. The maximum absolute atomic E-state index is 12.8. The number of hydrogen-bond acceptors (Lipinski definition) is 4. The molecule has 3 rings (SSSR count). The number of hydrogen-bond donors (Lipinski definition) is 1. The summed E-state index contributed by atoms with van der Waals surface area (Å²) in [7, 11) is 0. The number of imide groups is 2. The van der Waals surface area contributed by atoms with Gasteiger partial charge in [-0.15, -0.1) is 6.42 Å². The zero-order valence-electron chi connectivity index (χ0n) is 14.6. The number of anilines is 1. The summed E-state index contributed by atoms with van der Waals surface area (Å²) in [4.78, 5) is 38.0. The van der Waals surface area contributed by atoms with E-state index in [4.69, 9.17) is 11.2 Å². The summed E-state index contributed by atoms with van der Waals surface area (Å²) in [6.07, 6.45) is 6.57. The highest BCUT2D eigenvalue weighted by Gasteiger charge is 2.36. The van der Waals surface area contributed by atoms with Gasteiger partial charge in [0.2, 0.25) is 0 Å². The third-order valence-electron chi connectivity index (χ3n) is 3.91. The largest absolute Gasteiger partial charge is 0.481 e. The lowest BCUT2D eigenvalue weighted by Gasteiger charge is -2.26. The Morgan fingerprint density at radius 3 is 2.37 bits per heavy atom. The van der Waals surface area contributed by atoms with Crippen LogP contribution in [0.5, 0.6) is 5.75 Å². The maximum Gasteiger partial charge on any atom is 0.335 e. The van der Waals surface area contributed by atoms with Gasteiger partial charge < -0.3 is 4.74 Å². The van der Waals surface area contributed by atoms with Crippen LogP contribution in [0.2, 0.25) is 0 Å². The number of urea groups is 1. The van der Waals surface area contributed by atoms with Crippen LogP contribution >= 0.6 is 0 Å². The molecule has 1 fully saturated rings. The van der Waals surface area contributed by atoms with Gasteiger partial charge in [0.1, 0.15) is 17.9 Å². The Balaban J connectivity index is 1.89. The number of carbonyl (C=O) groups is 3. The zero-order chi connectivity index (χ0) is 19.4. The first kappa shape index (κ1) is 18.0. The predicted molar refractivity (Wildman–Crippen MR) is 101 cm³/mol. The summed E-state index contributed by atoms with van der Waals surface area (Å²) in [6.45, 7) is 2.04. The van der Waals surface area contributed by atoms with E-state index in [1.54, 1.807) is 48.5 Å². The van der Waals surface area contributed by atoms with E-state index in [0.29, 0.717) is 17.0 Å². The van der Waals surface area contributed by atoms with Crippen LogP contribution in [0.15, 0.2) is 54.1 Å².